The van der Waals surface area contributed by atoms with Gasteiger partial charge in [0.05, 0.1) is 16.3 Å². The number of amides is 1. The SMILES string of the molecule is C[S@](=O)CCNC(=O)c1cc(-c2ccccn2)ccc1Cl. The van der Waals surface area contributed by atoms with Crippen molar-refractivity contribution < 1.29 is 9.00 Å². The third kappa shape index (κ3) is 4.37. The minimum absolute atomic E-state index is 0.275. The normalized spacial score (nSPS) is 11.9. The van der Waals surface area contributed by atoms with Gasteiger partial charge in [-0.2, -0.15) is 0 Å². The molecular formula is C15H15ClN2O2S. The van der Waals surface area contributed by atoms with Gasteiger partial charge in [0, 0.05) is 41.1 Å². The molecule has 2 aromatic rings. The second kappa shape index (κ2) is 7.33. The number of rotatable bonds is 5. The van der Waals surface area contributed by atoms with Gasteiger partial charge in [-0.25, -0.2) is 0 Å². The Morgan fingerprint density at radius 2 is 2.14 bits per heavy atom. The van der Waals surface area contributed by atoms with Gasteiger partial charge in [0.2, 0.25) is 0 Å². The van der Waals surface area contributed by atoms with Gasteiger partial charge in [0.15, 0.2) is 0 Å². The van der Waals surface area contributed by atoms with Crippen LogP contribution in [-0.4, -0.2) is 33.7 Å². The molecule has 1 atom stereocenters. The lowest BCUT2D eigenvalue weighted by atomic mass is 10.1. The van der Waals surface area contributed by atoms with Crippen LogP contribution >= 0.6 is 11.6 Å². The summed E-state index contributed by atoms with van der Waals surface area (Å²) in [7, 11) is -0.936. The molecule has 0 aliphatic rings. The molecule has 1 aromatic carbocycles. The van der Waals surface area contributed by atoms with Crippen molar-refractivity contribution in [2.75, 3.05) is 18.6 Å². The first-order valence-electron chi connectivity index (χ1n) is 6.37. The number of nitrogens with one attached hydrogen (secondary N) is 1. The highest BCUT2D eigenvalue weighted by Gasteiger charge is 2.12. The number of benzene rings is 1. The Morgan fingerprint density at radius 1 is 1.33 bits per heavy atom. The molecule has 4 nitrogen and oxygen atoms in total. The fourth-order valence-electron chi connectivity index (χ4n) is 1.80. The van der Waals surface area contributed by atoms with Crippen molar-refractivity contribution in [2.24, 2.45) is 0 Å². The molecule has 0 bridgehead atoms. The Morgan fingerprint density at radius 3 is 2.81 bits per heavy atom. The van der Waals surface area contributed by atoms with Crippen LogP contribution in [0.4, 0.5) is 0 Å². The molecule has 21 heavy (non-hydrogen) atoms. The minimum Gasteiger partial charge on any atom is -0.351 e. The third-order valence-corrected chi connectivity index (χ3v) is 3.96. The summed E-state index contributed by atoms with van der Waals surface area (Å²) < 4.78 is 11.0. The summed E-state index contributed by atoms with van der Waals surface area (Å²) in [5, 5.41) is 3.09. The summed E-state index contributed by atoms with van der Waals surface area (Å²) >= 11 is 6.08. The summed E-state index contributed by atoms with van der Waals surface area (Å²) in [4.78, 5) is 16.4. The molecular weight excluding hydrogens is 308 g/mol. The summed E-state index contributed by atoms with van der Waals surface area (Å²) in [6.45, 7) is 0.353. The Balaban J connectivity index is 2.19. The van der Waals surface area contributed by atoms with Gasteiger partial charge < -0.3 is 5.32 Å². The molecule has 0 unspecified atom stereocenters. The van der Waals surface area contributed by atoms with Gasteiger partial charge in [-0.3, -0.25) is 14.0 Å². The van der Waals surface area contributed by atoms with Crippen molar-refractivity contribution in [3.8, 4) is 11.3 Å². The maximum atomic E-state index is 12.1. The number of carbonyl (C=O) groups is 1. The van der Waals surface area contributed by atoms with Gasteiger partial charge in [-0.15, -0.1) is 0 Å². The lowest BCUT2D eigenvalue weighted by molar-refractivity contribution is 0.0956. The average molecular weight is 323 g/mol. The molecule has 0 spiro atoms. The van der Waals surface area contributed by atoms with E-state index in [9.17, 15) is 9.00 Å². The van der Waals surface area contributed by atoms with Crippen LogP contribution in [0.1, 0.15) is 10.4 Å². The van der Waals surface area contributed by atoms with Crippen LogP contribution in [0.3, 0.4) is 0 Å². The van der Waals surface area contributed by atoms with E-state index in [2.05, 4.69) is 10.3 Å². The number of pyridine rings is 1. The van der Waals surface area contributed by atoms with E-state index in [1.165, 1.54) is 0 Å². The minimum atomic E-state index is -0.936. The molecule has 0 radical (unpaired) electrons. The fraction of sp³-hybridized carbons (Fsp3) is 0.200. The third-order valence-electron chi connectivity index (χ3n) is 2.85. The summed E-state index contributed by atoms with van der Waals surface area (Å²) in [6.07, 6.45) is 3.29. The number of halogens is 1. The van der Waals surface area contributed by atoms with Crippen LogP contribution in [0.2, 0.25) is 5.02 Å². The van der Waals surface area contributed by atoms with Gasteiger partial charge >= 0.3 is 0 Å². The summed E-state index contributed by atoms with van der Waals surface area (Å²) in [6, 6.07) is 10.8. The smallest absolute Gasteiger partial charge is 0.252 e. The van der Waals surface area contributed by atoms with Gasteiger partial charge in [0.1, 0.15) is 0 Å². The van der Waals surface area contributed by atoms with Crippen LogP contribution in [-0.2, 0) is 10.8 Å². The first kappa shape index (κ1) is 15.7. The van der Waals surface area contributed by atoms with Crippen molar-refractivity contribution in [2.45, 2.75) is 0 Å². The molecule has 2 rings (SSSR count). The number of hydrogen-bond donors (Lipinski definition) is 1. The van der Waals surface area contributed by atoms with E-state index in [1.807, 2.05) is 24.3 Å². The number of nitrogens with zero attached hydrogens (tertiary/aromatic N) is 1. The first-order chi connectivity index (χ1) is 10.1. The molecule has 6 heteroatoms. The highest BCUT2D eigenvalue weighted by Crippen LogP contribution is 2.23. The molecule has 1 amide bonds. The van der Waals surface area contributed by atoms with E-state index in [0.717, 1.165) is 11.3 Å². The monoisotopic (exact) mass is 322 g/mol. The Labute approximate surface area is 131 Å². The standard InChI is InChI=1S/C15H15ClN2O2S/c1-21(20)9-8-18-15(19)12-10-11(5-6-13(12)16)14-4-2-3-7-17-14/h2-7,10H,8-9H2,1H3,(H,18,19)/t21-/m0/s1. The molecule has 110 valence electrons. The van der Waals surface area contributed by atoms with Crippen LogP contribution < -0.4 is 5.32 Å². The molecule has 1 aromatic heterocycles. The van der Waals surface area contributed by atoms with E-state index >= 15 is 0 Å². The van der Waals surface area contributed by atoms with E-state index in [1.54, 1.807) is 24.6 Å². The second-order valence-corrected chi connectivity index (χ2v) is 6.40. The highest BCUT2D eigenvalue weighted by atomic mass is 35.5. The van der Waals surface area contributed by atoms with Gasteiger partial charge in [-0.1, -0.05) is 23.7 Å². The van der Waals surface area contributed by atoms with Gasteiger partial charge in [0.25, 0.3) is 5.91 Å². The van der Waals surface area contributed by atoms with Crippen molar-refractivity contribution >= 4 is 28.3 Å². The van der Waals surface area contributed by atoms with Gasteiger partial charge in [-0.05, 0) is 24.3 Å². The zero-order valence-corrected chi connectivity index (χ0v) is 13.1. The maximum Gasteiger partial charge on any atom is 0.252 e. The second-order valence-electron chi connectivity index (χ2n) is 4.44. The molecule has 1 heterocycles. The number of aromatic nitrogens is 1. The summed E-state index contributed by atoms with van der Waals surface area (Å²) in [5.74, 6) is 0.145. The Hall–Kier alpha value is -1.72. The fourth-order valence-corrected chi connectivity index (χ4v) is 2.39. The zero-order chi connectivity index (χ0) is 15.2. The largest absolute Gasteiger partial charge is 0.351 e. The molecule has 1 N–H and O–H groups in total. The lowest BCUT2D eigenvalue weighted by Gasteiger charge is -2.08. The Bertz CT molecular complexity index is 662. The van der Waals surface area contributed by atoms with Crippen LogP contribution in [0.5, 0.6) is 0 Å². The van der Waals surface area contributed by atoms with Crippen molar-refractivity contribution in [3.63, 3.8) is 0 Å². The van der Waals surface area contributed by atoms with Crippen LogP contribution in [0, 0.1) is 0 Å². The summed E-state index contributed by atoms with van der Waals surface area (Å²) in [5.41, 5.74) is 1.99. The molecule has 0 aliphatic heterocycles. The van der Waals surface area contributed by atoms with E-state index in [0.29, 0.717) is 22.9 Å². The zero-order valence-electron chi connectivity index (χ0n) is 11.5. The van der Waals surface area contributed by atoms with Crippen LogP contribution in [0.15, 0.2) is 42.6 Å². The number of hydrogen-bond acceptors (Lipinski definition) is 3. The van der Waals surface area contributed by atoms with Crippen molar-refractivity contribution in [1.82, 2.24) is 10.3 Å². The predicted molar refractivity (Wildman–Crippen MR) is 85.9 cm³/mol. The molecule has 0 aliphatic carbocycles. The first-order valence-corrected chi connectivity index (χ1v) is 8.47. The Kier molecular flexibility index (Phi) is 5.47. The molecule has 0 fully saturated rings. The maximum absolute atomic E-state index is 12.1. The number of carbonyl (C=O) groups excluding carboxylic acids is 1. The lowest BCUT2D eigenvalue weighted by Crippen LogP contribution is -2.27. The highest BCUT2D eigenvalue weighted by molar-refractivity contribution is 7.84. The van der Waals surface area contributed by atoms with Crippen LogP contribution in [0.25, 0.3) is 11.3 Å². The van der Waals surface area contributed by atoms with Crippen molar-refractivity contribution in [1.29, 1.82) is 0 Å². The van der Waals surface area contributed by atoms with E-state index in [4.69, 9.17) is 11.6 Å². The van der Waals surface area contributed by atoms with E-state index < -0.39 is 10.8 Å². The van der Waals surface area contributed by atoms with Crippen molar-refractivity contribution in [3.05, 3.63) is 53.2 Å². The quantitative estimate of drug-likeness (QED) is 0.920. The average Bonchev–Trinajstić information content (AvgIpc) is 2.48. The topological polar surface area (TPSA) is 59.1 Å². The molecule has 0 saturated carbocycles. The molecule has 0 saturated heterocycles. The predicted octanol–water partition coefficient (Wildman–Crippen LogP) is 2.51. The van der Waals surface area contributed by atoms with E-state index in [-0.39, 0.29) is 5.91 Å².